The van der Waals surface area contributed by atoms with E-state index in [0.29, 0.717) is 49.6 Å². The maximum atomic E-state index is 5.98. The first kappa shape index (κ1) is 26.7. The highest BCUT2D eigenvalue weighted by Crippen LogP contribution is 2.29. The Morgan fingerprint density at radius 2 is 0.750 bits per heavy atom. The van der Waals surface area contributed by atoms with Crippen LogP contribution in [0.15, 0.2) is 115 Å². The molecule has 1 aromatic heterocycles. The van der Waals surface area contributed by atoms with Gasteiger partial charge in [-0.2, -0.15) is 4.98 Å². The van der Waals surface area contributed by atoms with Crippen LogP contribution in [0.5, 0.6) is 34.8 Å². The van der Waals surface area contributed by atoms with E-state index in [1.165, 1.54) is 0 Å². The molecule has 0 aliphatic heterocycles. The molecule has 7 nitrogen and oxygen atoms in total. The Morgan fingerprint density at radius 1 is 0.425 bits per heavy atom. The second kappa shape index (κ2) is 13.3. The van der Waals surface area contributed by atoms with E-state index in [1.54, 1.807) is 12.1 Å². The Labute approximate surface area is 233 Å². The molecule has 0 saturated heterocycles. The number of hydrogen-bond acceptors (Lipinski definition) is 7. The zero-order valence-electron chi connectivity index (χ0n) is 22.0. The van der Waals surface area contributed by atoms with Gasteiger partial charge in [0.1, 0.15) is 36.2 Å². The normalized spacial score (nSPS) is 10.7. The molecule has 0 fully saturated rings. The number of hydrogen-bond donors (Lipinski definition) is 2. The summed E-state index contributed by atoms with van der Waals surface area (Å²) in [5.74, 6) is 3.86. The van der Waals surface area contributed by atoms with Crippen molar-refractivity contribution in [3.05, 3.63) is 115 Å². The van der Waals surface area contributed by atoms with Crippen LogP contribution in [0.4, 0.5) is 0 Å². The molecular weight excluding hydrogens is 502 g/mol. The predicted octanol–water partition coefficient (Wildman–Crippen LogP) is 6.68. The van der Waals surface area contributed by atoms with E-state index in [-0.39, 0.29) is 0 Å². The van der Waals surface area contributed by atoms with Crippen molar-refractivity contribution in [2.75, 3.05) is 26.3 Å². The fraction of sp³-hybridized carbons (Fsp3) is 0.121. The molecule has 202 valence electrons. The lowest BCUT2D eigenvalue weighted by Gasteiger charge is -2.10. The minimum atomic E-state index is 0.445. The fourth-order valence-electron chi connectivity index (χ4n) is 4.02. The van der Waals surface area contributed by atoms with Crippen molar-refractivity contribution >= 4 is 0 Å². The predicted molar refractivity (Wildman–Crippen MR) is 157 cm³/mol. The third-order valence-electron chi connectivity index (χ3n) is 6.00. The lowest BCUT2D eigenvalue weighted by Crippen LogP contribution is -2.10. The zero-order valence-corrected chi connectivity index (χ0v) is 22.0. The van der Waals surface area contributed by atoms with Gasteiger partial charge in [0, 0.05) is 25.2 Å². The van der Waals surface area contributed by atoms with Crippen LogP contribution in [0.25, 0.3) is 22.3 Å². The van der Waals surface area contributed by atoms with Gasteiger partial charge in [-0.25, -0.2) is 0 Å². The van der Waals surface area contributed by atoms with Crippen molar-refractivity contribution in [1.29, 1.82) is 0 Å². The van der Waals surface area contributed by atoms with Gasteiger partial charge in [-0.3, -0.25) is 0 Å². The van der Waals surface area contributed by atoms with Crippen molar-refractivity contribution in [2.45, 2.75) is 0 Å². The number of ether oxygens (including phenoxy) is 4. The monoisotopic (exact) mass is 533 g/mol. The third-order valence-corrected chi connectivity index (χ3v) is 6.00. The van der Waals surface area contributed by atoms with Gasteiger partial charge in [-0.05, 0) is 70.8 Å². The third kappa shape index (κ3) is 7.17. The summed E-state index contributed by atoms with van der Waals surface area (Å²) in [5, 5.41) is 0. The van der Waals surface area contributed by atoms with Crippen molar-refractivity contribution in [1.82, 2.24) is 4.98 Å². The molecule has 0 bridgehead atoms. The summed E-state index contributed by atoms with van der Waals surface area (Å²) in [7, 11) is 0. The molecule has 4 N–H and O–H groups in total. The average molecular weight is 534 g/mol. The first-order chi connectivity index (χ1) is 19.7. The van der Waals surface area contributed by atoms with Gasteiger partial charge < -0.3 is 30.4 Å². The van der Waals surface area contributed by atoms with Crippen molar-refractivity contribution in [3.63, 3.8) is 0 Å². The molecule has 0 amide bonds. The van der Waals surface area contributed by atoms with E-state index in [2.05, 4.69) is 4.98 Å². The molecule has 0 atom stereocenters. The summed E-state index contributed by atoms with van der Waals surface area (Å²) in [6, 6.07) is 37.0. The van der Waals surface area contributed by atoms with E-state index in [9.17, 15) is 0 Å². The summed E-state index contributed by atoms with van der Waals surface area (Å²) in [6.07, 6.45) is 0. The highest BCUT2D eigenvalue weighted by molar-refractivity contribution is 5.66. The summed E-state index contributed by atoms with van der Waals surface area (Å²) < 4.78 is 23.1. The lowest BCUT2D eigenvalue weighted by atomic mass is 10.1. The number of rotatable bonds is 12. The van der Waals surface area contributed by atoms with E-state index in [1.807, 2.05) is 103 Å². The number of aromatic nitrogens is 1. The summed E-state index contributed by atoms with van der Waals surface area (Å²) in [5.41, 5.74) is 15.3. The van der Waals surface area contributed by atoms with Crippen LogP contribution >= 0.6 is 0 Å². The quantitative estimate of drug-likeness (QED) is 0.185. The van der Waals surface area contributed by atoms with Crippen LogP contribution in [-0.4, -0.2) is 31.3 Å². The molecule has 7 heteroatoms. The maximum absolute atomic E-state index is 5.98. The highest BCUT2D eigenvalue weighted by atomic mass is 16.5. The number of pyridine rings is 1. The topological polar surface area (TPSA) is 102 Å². The van der Waals surface area contributed by atoms with Gasteiger partial charge in [0.25, 0.3) is 0 Å². The van der Waals surface area contributed by atoms with Gasteiger partial charge in [0.2, 0.25) is 11.8 Å². The summed E-state index contributed by atoms with van der Waals surface area (Å²) in [6.45, 7) is 1.98. The molecular formula is C33H31N3O4. The first-order valence-electron chi connectivity index (χ1n) is 13.1. The van der Waals surface area contributed by atoms with Crippen LogP contribution in [0.2, 0.25) is 0 Å². The van der Waals surface area contributed by atoms with E-state index >= 15 is 0 Å². The molecule has 0 radical (unpaired) electrons. The van der Waals surface area contributed by atoms with Crippen LogP contribution < -0.4 is 30.4 Å². The van der Waals surface area contributed by atoms with Crippen LogP contribution in [-0.2, 0) is 0 Å². The molecule has 0 spiro atoms. The second-order valence-corrected chi connectivity index (χ2v) is 8.89. The number of nitrogens with zero attached hydrogens (tertiary/aromatic N) is 1. The largest absolute Gasteiger partial charge is 0.492 e. The van der Waals surface area contributed by atoms with Gasteiger partial charge in [-0.15, -0.1) is 0 Å². The molecule has 5 rings (SSSR count). The van der Waals surface area contributed by atoms with Crippen molar-refractivity contribution < 1.29 is 18.9 Å². The lowest BCUT2D eigenvalue weighted by molar-refractivity contribution is 0.328. The summed E-state index contributed by atoms with van der Waals surface area (Å²) in [4.78, 5) is 4.50. The van der Waals surface area contributed by atoms with E-state index in [4.69, 9.17) is 30.4 Å². The van der Waals surface area contributed by atoms with Crippen molar-refractivity contribution in [2.24, 2.45) is 11.5 Å². The van der Waals surface area contributed by atoms with Gasteiger partial charge in [-0.1, -0.05) is 54.6 Å². The number of nitrogens with two attached hydrogens (primary N) is 2. The minimum Gasteiger partial charge on any atom is -0.492 e. The summed E-state index contributed by atoms with van der Waals surface area (Å²) >= 11 is 0. The van der Waals surface area contributed by atoms with Crippen LogP contribution in [0.3, 0.4) is 0 Å². The fourth-order valence-corrected chi connectivity index (χ4v) is 4.02. The molecule has 0 unspecified atom stereocenters. The standard InChI is InChI=1S/C33H31N3O4/c34-20-22-37-28-12-4-24(5-13-28)26-8-16-30(17-9-26)39-32-2-1-3-33(36-32)40-31-18-10-27(11-19-31)25-6-14-29(15-7-25)38-23-21-35/h1-19H,20-23,34-35H2. The molecule has 0 saturated carbocycles. The van der Waals surface area contributed by atoms with Crippen LogP contribution in [0, 0.1) is 0 Å². The van der Waals surface area contributed by atoms with Crippen molar-refractivity contribution in [3.8, 4) is 57.0 Å². The Hall–Kier alpha value is -4.85. The molecule has 1 heterocycles. The smallest absolute Gasteiger partial charge is 0.222 e. The van der Waals surface area contributed by atoms with Gasteiger partial charge in [0.05, 0.1) is 0 Å². The molecule has 0 aliphatic carbocycles. The Bertz CT molecular complexity index is 1380. The van der Waals surface area contributed by atoms with E-state index in [0.717, 1.165) is 33.8 Å². The first-order valence-corrected chi connectivity index (χ1v) is 13.1. The molecule has 5 aromatic rings. The maximum Gasteiger partial charge on any atom is 0.222 e. The Kier molecular flexibility index (Phi) is 8.88. The van der Waals surface area contributed by atoms with E-state index < -0.39 is 0 Å². The molecule has 40 heavy (non-hydrogen) atoms. The SMILES string of the molecule is NCCOc1ccc(-c2ccc(Oc3cccc(Oc4ccc(-c5ccc(OCCN)cc5)cc4)n3)cc2)cc1. The Balaban J connectivity index is 1.19. The Morgan fingerprint density at radius 3 is 1.07 bits per heavy atom. The molecule has 4 aromatic carbocycles. The van der Waals surface area contributed by atoms with Gasteiger partial charge >= 0.3 is 0 Å². The second-order valence-electron chi connectivity index (χ2n) is 8.89. The highest BCUT2D eigenvalue weighted by Gasteiger charge is 2.06. The zero-order chi connectivity index (χ0) is 27.6. The average Bonchev–Trinajstić information content (AvgIpc) is 3.00. The van der Waals surface area contributed by atoms with Crippen LogP contribution in [0.1, 0.15) is 0 Å². The van der Waals surface area contributed by atoms with Gasteiger partial charge in [0.15, 0.2) is 0 Å². The minimum absolute atomic E-state index is 0.445. The molecule has 0 aliphatic rings. The number of benzene rings is 4.